The summed E-state index contributed by atoms with van der Waals surface area (Å²) < 4.78 is 0. The summed E-state index contributed by atoms with van der Waals surface area (Å²) in [6, 6.07) is 9.92. The number of amides is 1. The predicted octanol–water partition coefficient (Wildman–Crippen LogP) is 3.09. The molecule has 2 heterocycles. The minimum Gasteiger partial charge on any atom is -0.351 e. The highest BCUT2D eigenvalue weighted by atomic mass is 16.1. The lowest BCUT2D eigenvalue weighted by molar-refractivity contribution is 0.0948. The number of unbranched alkanes of at least 4 members (excludes halogenated alkanes) is 2. The van der Waals surface area contributed by atoms with Crippen LogP contribution in [0, 0.1) is 0 Å². The van der Waals surface area contributed by atoms with Gasteiger partial charge < -0.3 is 10.2 Å². The molecule has 0 saturated heterocycles. The molecule has 5 nitrogen and oxygen atoms in total. The summed E-state index contributed by atoms with van der Waals surface area (Å²) in [5.74, 6) is 0.466. The molecule has 120 valence electrons. The van der Waals surface area contributed by atoms with Gasteiger partial charge in [0.2, 0.25) is 5.95 Å². The molecule has 1 N–H and O–H groups in total. The third kappa shape index (κ3) is 3.50. The number of hydrogen-bond acceptors (Lipinski definition) is 4. The fourth-order valence-corrected chi connectivity index (χ4v) is 2.82. The Morgan fingerprint density at radius 3 is 3.00 bits per heavy atom. The van der Waals surface area contributed by atoms with Gasteiger partial charge in [0.15, 0.2) is 0 Å². The molecule has 23 heavy (non-hydrogen) atoms. The summed E-state index contributed by atoms with van der Waals surface area (Å²) in [5.41, 5.74) is 2.86. The minimum absolute atomic E-state index is 0.128. The fraction of sp³-hybridized carbons (Fsp3) is 0.389. The van der Waals surface area contributed by atoms with Crippen LogP contribution >= 0.6 is 0 Å². The monoisotopic (exact) mass is 310 g/mol. The molecule has 1 aromatic carbocycles. The largest absolute Gasteiger partial charge is 0.351 e. The van der Waals surface area contributed by atoms with Gasteiger partial charge >= 0.3 is 0 Å². The number of rotatable bonds is 6. The van der Waals surface area contributed by atoms with Crippen molar-refractivity contribution in [1.29, 1.82) is 0 Å². The fourth-order valence-electron chi connectivity index (χ4n) is 2.82. The van der Waals surface area contributed by atoms with Crippen molar-refractivity contribution in [2.24, 2.45) is 0 Å². The maximum atomic E-state index is 12.2. The van der Waals surface area contributed by atoms with E-state index in [0.29, 0.717) is 18.2 Å². The van der Waals surface area contributed by atoms with E-state index in [1.54, 1.807) is 12.3 Å². The van der Waals surface area contributed by atoms with Crippen LogP contribution in [0.5, 0.6) is 0 Å². The van der Waals surface area contributed by atoms with E-state index in [1.807, 2.05) is 12.1 Å². The van der Waals surface area contributed by atoms with Gasteiger partial charge in [-0.3, -0.25) is 4.79 Å². The van der Waals surface area contributed by atoms with Crippen LogP contribution in [0.25, 0.3) is 0 Å². The van der Waals surface area contributed by atoms with Gasteiger partial charge in [-0.25, -0.2) is 9.97 Å². The van der Waals surface area contributed by atoms with Crippen LogP contribution in [0.15, 0.2) is 36.5 Å². The van der Waals surface area contributed by atoms with Crippen molar-refractivity contribution in [2.75, 3.05) is 18.0 Å². The second kappa shape index (κ2) is 7.22. The van der Waals surface area contributed by atoms with E-state index in [1.165, 1.54) is 5.56 Å². The van der Waals surface area contributed by atoms with Crippen molar-refractivity contribution in [2.45, 2.75) is 32.6 Å². The van der Waals surface area contributed by atoms with Crippen LogP contribution < -0.4 is 10.2 Å². The van der Waals surface area contributed by atoms with Crippen LogP contribution in [-0.2, 0) is 6.42 Å². The Hall–Kier alpha value is -2.43. The SMILES string of the molecule is CCCCCNC(=O)c1ccnc(N2CCc3ccccc32)n1. The second-order valence-electron chi connectivity index (χ2n) is 5.74. The quantitative estimate of drug-likeness (QED) is 0.833. The molecule has 0 fully saturated rings. The van der Waals surface area contributed by atoms with Gasteiger partial charge in [0.1, 0.15) is 5.69 Å². The Kier molecular flexibility index (Phi) is 4.86. The number of anilines is 2. The third-order valence-electron chi connectivity index (χ3n) is 4.07. The molecule has 0 saturated carbocycles. The predicted molar refractivity (Wildman–Crippen MR) is 91.0 cm³/mol. The lowest BCUT2D eigenvalue weighted by Crippen LogP contribution is -2.26. The average molecular weight is 310 g/mol. The normalized spacial score (nSPS) is 13.0. The van der Waals surface area contributed by atoms with Gasteiger partial charge in [0, 0.05) is 25.0 Å². The van der Waals surface area contributed by atoms with E-state index in [0.717, 1.165) is 37.9 Å². The molecule has 0 spiro atoms. The summed E-state index contributed by atoms with van der Waals surface area (Å²) >= 11 is 0. The van der Waals surface area contributed by atoms with Crippen LogP contribution in [0.2, 0.25) is 0 Å². The summed E-state index contributed by atoms with van der Waals surface area (Å²) in [6.07, 6.45) is 5.90. The number of nitrogens with one attached hydrogen (secondary N) is 1. The van der Waals surface area contributed by atoms with Crippen molar-refractivity contribution >= 4 is 17.5 Å². The Morgan fingerprint density at radius 2 is 2.13 bits per heavy atom. The molecule has 0 unspecified atom stereocenters. The molecule has 1 aliphatic heterocycles. The molecule has 5 heteroatoms. The number of aromatic nitrogens is 2. The molecule has 2 aromatic rings. The summed E-state index contributed by atoms with van der Waals surface area (Å²) in [5, 5.41) is 2.92. The van der Waals surface area contributed by atoms with Gasteiger partial charge in [0.05, 0.1) is 0 Å². The Balaban J connectivity index is 1.72. The summed E-state index contributed by atoms with van der Waals surface area (Å²) in [7, 11) is 0. The molecule has 0 atom stereocenters. The topological polar surface area (TPSA) is 58.1 Å². The van der Waals surface area contributed by atoms with E-state index in [2.05, 4.69) is 39.2 Å². The lowest BCUT2D eigenvalue weighted by atomic mass is 10.2. The molecule has 0 aliphatic carbocycles. The number of benzene rings is 1. The van der Waals surface area contributed by atoms with Crippen molar-refractivity contribution < 1.29 is 4.79 Å². The van der Waals surface area contributed by atoms with Gasteiger partial charge in [-0.15, -0.1) is 0 Å². The van der Waals surface area contributed by atoms with E-state index in [-0.39, 0.29) is 5.91 Å². The first-order valence-corrected chi connectivity index (χ1v) is 8.26. The molecule has 0 radical (unpaired) electrons. The van der Waals surface area contributed by atoms with Crippen molar-refractivity contribution in [3.63, 3.8) is 0 Å². The van der Waals surface area contributed by atoms with E-state index < -0.39 is 0 Å². The molecular weight excluding hydrogens is 288 g/mol. The molecule has 1 aliphatic rings. The van der Waals surface area contributed by atoms with Crippen molar-refractivity contribution in [3.05, 3.63) is 47.8 Å². The first kappa shape index (κ1) is 15.5. The number of carbonyl (C=O) groups excluding carboxylic acids is 1. The van der Waals surface area contributed by atoms with Crippen LogP contribution in [0.4, 0.5) is 11.6 Å². The molecule has 1 aromatic heterocycles. The Bertz CT molecular complexity index is 686. The highest BCUT2D eigenvalue weighted by molar-refractivity contribution is 5.92. The highest BCUT2D eigenvalue weighted by Crippen LogP contribution is 2.31. The summed E-state index contributed by atoms with van der Waals surface area (Å²) in [6.45, 7) is 3.69. The third-order valence-corrected chi connectivity index (χ3v) is 4.07. The molecular formula is C18H22N4O. The van der Waals surface area contributed by atoms with Gasteiger partial charge in [-0.2, -0.15) is 0 Å². The van der Waals surface area contributed by atoms with Crippen LogP contribution in [-0.4, -0.2) is 29.0 Å². The van der Waals surface area contributed by atoms with Gasteiger partial charge in [0.25, 0.3) is 5.91 Å². The first-order valence-electron chi connectivity index (χ1n) is 8.26. The number of nitrogens with zero attached hydrogens (tertiary/aromatic N) is 3. The van der Waals surface area contributed by atoms with Crippen molar-refractivity contribution in [1.82, 2.24) is 15.3 Å². The zero-order valence-corrected chi connectivity index (χ0v) is 13.5. The Labute approximate surface area is 136 Å². The van der Waals surface area contributed by atoms with Gasteiger partial charge in [-0.1, -0.05) is 38.0 Å². The number of para-hydroxylation sites is 1. The van der Waals surface area contributed by atoms with E-state index in [9.17, 15) is 4.79 Å². The zero-order valence-electron chi connectivity index (χ0n) is 13.5. The number of hydrogen-bond donors (Lipinski definition) is 1. The highest BCUT2D eigenvalue weighted by Gasteiger charge is 2.22. The molecule has 1 amide bonds. The standard InChI is InChI=1S/C18H22N4O/c1-2-3-6-11-19-17(23)15-9-12-20-18(21-15)22-13-10-14-7-4-5-8-16(14)22/h4-5,7-9,12H,2-3,6,10-11,13H2,1H3,(H,19,23). The van der Waals surface area contributed by atoms with Crippen LogP contribution in [0.3, 0.4) is 0 Å². The minimum atomic E-state index is -0.128. The van der Waals surface area contributed by atoms with Crippen molar-refractivity contribution in [3.8, 4) is 0 Å². The molecule has 3 rings (SSSR count). The maximum absolute atomic E-state index is 12.2. The Morgan fingerprint density at radius 1 is 1.26 bits per heavy atom. The first-order chi connectivity index (χ1) is 11.3. The van der Waals surface area contributed by atoms with E-state index >= 15 is 0 Å². The maximum Gasteiger partial charge on any atom is 0.270 e. The number of fused-ring (bicyclic) bond motifs is 1. The van der Waals surface area contributed by atoms with Crippen LogP contribution in [0.1, 0.15) is 42.2 Å². The average Bonchev–Trinajstić information content (AvgIpc) is 3.03. The second-order valence-corrected chi connectivity index (χ2v) is 5.74. The molecule has 0 bridgehead atoms. The lowest BCUT2D eigenvalue weighted by Gasteiger charge is -2.17. The number of carbonyl (C=O) groups is 1. The summed E-state index contributed by atoms with van der Waals surface area (Å²) in [4.78, 5) is 23.1. The van der Waals surface area contributed by atoms with E-state index in [4.69, 9.17) is 0 Å². The van der Waals surface area contributed by atoms with Gasteiger partial charge in [-0.05, 0) is 30.5 Å². The zero-order chi connectivity index (χ0) is 16.1. The smallest absolute Gasteiger partial charge is 0.270 e.